The summed E-state index contributed by atoms with van der Waals surface area (Å²) in [5, 5.41) is 3.46. The Bertz CT molecular complexity index is 61.4. The quantitative estimate of drug-likeness (QED) is 0.524. The lowest BCUT2D eigenvalue weighted by molar-refractivity contribution is 0.576. The summed E-state index contributed by atoms with van der Waals surface area (Å²) in [6, 6.07) is 0. The fourth-order valence-corrected chi connectivity index (χ4v) is 1.23. The van der Waals surface area contributed by atoms with Crippen LogP contribution in [0.15, 0.2) is 0 Å². The van der Waals surface area contributed by atoms with Crippen LogP contribution in [0.4, 0.5) is 0 Å². The molecule has 0 fully saturated rings. The summed E-state index contributed by atoms with van der Waals surface area (Å²) < 4.78 is 0. The van der Waals surface area contributed by atoms with Crippen molar-refractivity contribution in [3.63, 3.8) is 0 Å². The molecule has 0 aromatic carbocycles. The first-order chi connectivity index (χ1) is 5.91. The molecule has 0 aromatic rings. The molecule has 0 spiro atoms. The van der Waals surface area contributed by atoms with Crippen molar-refractivity contribution in [2.24, 2.45) is 0 Å². The Morgan fingerprint density at radius 1 is 0.917 bits per heavy atom. The minimum atomic E-state index is 1.09. The average molecular weight is 170 g/mol. The smallest absolute Gasteiger partial charge is 0.00489 e. The van der Waals surface area contributed by atoms with Gasteiger partial charge in [0.15, 0.2) is 0 Å². The zero-order valence-electron chi connectivity index (χ0n) is 8.57. The molecule has 1 radical (unpaired) electrons. The number of unbranched alkanes of at least 4 members (excludes halogenated alkanes) is 5. The Morgan fingerprint density at radius 2 is 1.58 bits per heavy atom. The fourth-order valence-electron chi connectivity index (χ4n) is 1.23. The molecular weight excluding hydrogens is 146 g/mol. The van der Waals surface area contributed by atoms with Gasteiger partial charge in [0.1, 0.15) is 0 Å². The van der Waals surface area contributed by atoms with Gasteiger partial charge < -0.3 is 5.32 Å². The van der Waals surface area contributed by atoms with Crippen molar-refractivity contribution in [2.45, 2.75) is 51.9 Å². The zero-order valence-corrected chi connectivity index (χ0v) is 8.57. The number of nitrogens with one attached hydrogen (secondary N) is 1. The zero-order chi connectivity index (χ0) is 9.07. The monoisotopic (exact) mass is 170 g/mol. The molecule has 0 aliphatic rings. The van der Waals surface area contributed by atoms with Crippen LogP contribution in [0.2, 0.25) is 0 Å². The van der Waals surface area contributed by atoms with Gasteiger partial charge in [-0.05, 0) is 25.9 Å². The maximum atomic E-state index is 3.82. The lowest BCUT2D eigenvalue weighted by Gasteiger charge is -2.02. The third-order valence-corrected chi connectivity index (χ3v) is 2.06. The molecule has 73 valence electrons. The summed E-state index contributed by atoms with van der Waals surface area (Å²) in [6.07, 6.45) is 9.07. The molecule has 0 aliphatic carbocycles. The van der Waals surface area contributed by atoms with E-state index in [4.69, 9.17) is 0 Å². The lowest BCUT2D eigenvalue weighted by atomic mass is 10.2. The third kappa shape index (κ3) is 9.96. The van der Waals surface area contributed by atoms with Gasteiger partial charge in [0.25, 0.3) is 0 Å². The second-order valence-electron chi connectivity index (χ2n) is 3.37. The second kappa shape index (κ2) is 11.0. The van der Waals surface area contributed by atoms with E-state index in [-0.39, 0.29) is 0 Å². The normalized spacial score (nSPS) is 10.5. The summed E-state index contributed by atoms with van der Waals surface area (Å²) in [5.74, 6) is 0. The molecule has 0 rings (SSSR count). The largest absolute Gasteiger partial charge is 0.317 e. The van der Waals surface area contributed by atoms with Crippen molar-refractivity contribution in [1.29, 1.82) is 0 Å². The van der Waals surface area contributed by atoms with Crippen molar-refractivity contribution in [2.75, 3.05) is 13.1 Å². The highest BCUT2D eigenvalue weighted by atomic mass is 14.8. The summed E-state index contributed by atoms with van der Waals surface area (Å²) in [4.78, 5) is 0. The van der Waals surface area contributed by atoms with Crippen LogP contribution in [0.5, 0.6) is 0 Å². The predicted molar refractivity (Wildman–Crippen MR) is 56.2 cm³/mol. The molecule has 1 N–H and O–H groups in total. The van der Waals surface area contributed by atoms with Crippen LogP contribution >= 0.6 is 0 Å². The molecule has 0 amide bonds. The Kier molecular flexibility index (Phi) is 10.9. The topological polar surface area (TPSA) is 12.0 Å². The van der Waals surface area contributed by atoms with Gasteiger partial charge in [-0.2, -0.15) is 0 Å². The first-order valence-electron chi connectivity index (χ1n) is 5.41. The maximum absolute atomic E-state index is 3.82. The Morgan fingerprint density at radius 3 is 2.17 bits per heavy atom. The van der Waals surface area contributed by atoms with Gasteiger partial charge in [0, 0.05) is 0 Å². The van der Waals surface area contributed by atoms with E-state index in [1.165, 1.54) is 51.6 Å². The molecule has 0 unspecified atom stereocenters. The van der Waals surface area contributed by atoms with Crippen LogP contribution < -0.4 is 5.32 Å². The molecule has 0 heterocycles. The summed E-state index contributed by atoms with van der Waals surface area (Å²) in [5.41, 5.74) is 0. The Balaban J connectivity index is 2.73. The fraction of sp³-hybridized carbons (Fsp3) is 0.909. The number of rotatable bonds is 9. The molecule has 0 aliphatic heterocycles. The van der Waals surface area contributed by atoms with Gasteiger partial charge in [0.2, 0.25) is 0 Å². The van der Waals surface area contributed by atoms with Gasteiger partial charge >= 0.3 is 0 Å². The van der Waals surface area contributed by atoms with Crippen molar-refractivity contribution < 1.29 is 0 Å². The third-order valence-electron chi connectivity index (χ3n) is 2.06. The highest BCUT2D eigenvalue weighted by molar-refractivity contribution is 4.50. The standard InChI is InChI=1S/C11H24N/c1-3-5-7-9-11-12-10-8-6-4-2/h12H,1,3-11H2,2H3. The van der Waals surface area contributed by atoms with Crippen molar-refractivity contribution >= 4 is 0 Å². The van der Waals surface area contributed by atoms with E-state index in [0.29, 0.717) is 0 Å². The molecule has 0 saturated carbocycles. The van der Waals surface area contributed by atoms with Crippen LogP contribution in [0.25, 0.3) is 0 Å². The summed E-state index contributed by atoms with van der Waals surface area (Å²) >= 11 is 0. The van der Waals surface area contributed by atoms with E-state index in [0.717, 1.165) is 6.42 Å². The molecule has 0 saturated heterocycles. The molecule has 12 heavy (non-hydrogen) atoms. The van der Waals surface area contributed by atoms with Gasteiger partial charge in [0.05, 0.1) is 0 Å². The van der Waals surface area contributed by atoms with Gasteiger partial charge in [-0.15, -0.1) is 0 Å². The Hall–Kier alpha value is -0.0400. The van der Waals surface area contributed by atoms with E-state index in [1.807, 2.05) is 0 Å². The second-order valence-corrected chi connectivity index (χ2v) is 3.37. The number of hydrogen-bond donors (Lipinski definition) is 1. The highest BCUT2D eigenvalue weighted by Gasteiger charge is 1.88. The summed E-state index contributed by atoms with van der Waals surface area (Å²) in [6.45, 7) is 8.47. The molecule has 1 nitrogen and oxygen atoms in total. The average Bonchev–Trinajstić information content (AvgIpc) is 2.10. The molecule has 0 aromatic heterocycles. The Labute approximate surface area is 77.9 Å². The van der Waals surface area contributed by atoms with Crippen LogP contribution in [0, 0.1) is 6.92 Å². The van der Waals surface area contributed by atoms with Crippen molar-refractivity contribution in [3.8, 4) is 0 Å². The molecule has 0 atom stereocenters. The van der Waals surface area contributed by atoms with Gasteiger partial charge in [-0.25, -0.2) is 0 Å². The highest BCUT2D eigenvalue weighted by Crippen LogP contribution is 1.97. The molecule has 0 bridgehead atoms. The number of hydrogen-bond acceptors (Lipinski definition) is 1. The minimum Gasteiger partial charge on any atom is -0.317 e. The van der Waals surface area contributed by atoms with Gasteiger partial charge in [-0.3, -0.25) is 0 Å². The van der Waals surface area contributed by atoms with E-state index >= 15 is 0 Å². The van der Waals surface area contributed by atoms with Gasteiger partial charge in [-0.1, -0.05) is 46.0 Å². The summed E-state index contributed by atoms with van der Waals surface area (Å²) in [7, 11) is 0. The maximum Gasteiger partial charge on any atom is -0.00489 e. The van der Waals surface area contributed by atoms with Crippen LogP contribution in [0.3, 0.4) is 0 Å². The SMILES string of the molecule is [CH2]CCCCCNCCCCC. The van der Waals surface area contributed by atoms with E-state index < -0.39 is 0 Å². The minimum absolute atomic E-state index is 1.09. The van der Waals surface area contributed by atoms with E-state index in [9.17, 15) is 0 Å². The lowest BCUT2D eigenvalue weighted by Crippen LogP contribution is -2.16. The van der Waals surface area contributed by atoms with E-state index in [1.54, 1.807) is 0 Å². The van der Waals surface area contributed by atoms with Crippen molar-refractivity contribution in [3.05, 3.63) is 6.92 Å². The van der Waals surface area contributed by atoms with Crippen LogP contribution in [-0.4, -0.2) is 13.1 Å². The van der Waals surface area contributed by atoms with E-state index in [2.05, 4.69) is 19.2 Å². The molecule has 1 heteroatoms. The first kappa shape index (κ1) is 12.0. The van der Waals surface area contributed by atoms with Crippen molar-refractivity contribution in [1.82, 2.24) is 5.32 Å². The van der Waals surface area contributed by atoms with Crippen LogP contribution in [-0.2, 0) is 0 Å². The first-order valence-corrected chi connectivity index (χ1v) is 5.41. The predicted octanol–water partition coefficient (Wildman–Crippen LogP) is 3.16. The molecular formula is C11H24N. The van der Waals surface area contributed by atoms with Crippen LogP contribution in [0.1, 0.15) is 51.9 Å².